The zero-order chi connectivity index (χ0) is 64.9. The number of aryl methyl sites for hydroxylation is 1. The number of nitrogens with zero attached hydrogens (tertiary/aromatic N) is 1. The van der Waals surface area contributed by atoms with Gasteiger partial charge >= 0.3 is 29.8 Å². The number of likely N-dealkylation sites (tertiary alicyclic amines) is 1. The van der Waals surface area contributed by atoms with E-state index in [1.807, 2.05) is 41.5 Å². The number of hydrogen-bond acceptors (Lipinski definition) is 12. The van der Waals surface area contributed by atoms with Crippen LogP contribution in [0.4, 0.5) is 0 Å². The van der Waals surface area contributed by atoms with Crippen LogP contribution in [0, 0.1) is 66.1 Å². The van der Waals surface area contributed by atoms with E-state index >= 15 is 19.2 Å². The molecular formula is C74H80N2O14. The van der Waals surface area contributed by atoms with Gasteiger partial charge in [-0.25, -0.2) is 0 Å². The summed E-state index contributed by atoms with van der Waals surface area (Å²) in [6, 6.07) is 47.5. The lowest BCUT2D eigenvalue weighted by Gasteiger charge is -2.37. The molecule has 2 fully saturated rings. The van der Waals surface area contributed by atoms with Crippen LogP contribution in [0.1, 0.15) is 146 Å². The maximum atomic E-state index is 15.8. The van der Waals surface area contributed by atoms with Crippen molar-refractivity contribution in [3.05, 3.63) is 209 Å². The highest BCUT2D eigenvalue weighted by molar-refractivity contribution is 6.13. The summed E-state index contributed by atoms with van der Waals surface area (Å²) in [6.07, 6.45) is -1.16. The smallest absolute Gasteiger partial charge is 0.318 e. The third-order valence-electron chi connectivity index (χ3n) is 18.0. The number of hydrogen-bond donors (Lipinski definition) is 3. The fraction of sp³-hybridized carbons (Fsp3) is 0.378. The summed E-state index contributed by atoms with van der Waals surface area (Å²) in [5, 5.41) is 26.4. The van der Waals surface area contributed by atoms with Crippen LogP contribution in [-0.4, -0.2) is 87.3 Å². The van der Waals surface area contributed by atoms with Crippen molar-refractivity contribution >= 4 is 59.1 Å². The Morgan fingerprint density at radius 2 is 1.01 bits per heavy atom. The highest BCUT2D eigenvalue weighted by Gasteiger charge is 2.56. The number of imide groups is 1. The molecule has 0 aliphatic carbocycles. The topological polar surface area (TPSA) is 245 Å². The molecule has 0 saturated carbocycles. The standard InChI is InChI=1S/C74H80N2O14/c1-8-54(47-21-13-9-14-22-47)66(74(88)89-53-35-33-52(34-36-53)62(78)40-61(77)51-31-29-45(6)30-32-51)60(71(84)85)39-57(50-27-19-12-20-28-50)65-58(68(80)76(69(65)81)42-44(4)5)37-56(49-25-17-11-18-26-49)64(67(79)75-41-43(2)3)59(70(82)83)38-55(48-23-15-10-16-24-48)63-46(7)72(86)90-73(63)87/h9-36,43-44,46,54-60,63-66H,8,37-42H2,1-7H3,(H,75,79)(H,82,83)(H,84,85). The number of ether oxygens (including phenoxy) is 2. The zero-order valence-electron chi connectivity index (χ0n) is 51.9. The molecule has 6 aromatic rings. The molecule has 470 valence electrons. The fourth-order valence-electron chi connectivity index (χ4n) is 13.4. The van der Waals surface area contributed by atoms with Gasteiger partial charge in [-0.2, -0.15) is 0 Å². The molecule has 0 aromatic heterocycles. The molecule has 3 N–H and O–H groups in total. The third kappa shape index (κ3) is 15.8. The minimum Gasteiger partial charge on any atom is -0.481 e. The molecule has 0 spiro atoms. The summed E-state index contributed by atoms with van der Waals surface area (Å²) in [7, 11) is 0. The number of carbonyl (C=O) groups excluding carboxylic acids is 8. The maximum absolute atomic E-state index is 15.8. The Labute approximate surface area is 525 Å². The molecule has 2 heterocycles. The molecule has 3 amide bonds. The predicted molar refractivity (Wildman–Crippen MR) is 337 cm³/mol. The minimum absolute atomic E-state index is 0.00102. The van der Waals surface area contributed by atoms with Crippen LogP contribution in [0.25, 0.3) is 0 Å². The molecular weight excluding hydrogens is 1140 g/mol. The molecule has 16 heteroatoms. The second kappa shape index (κ2) is 30.4. The lowest BCUT2D eigenvalue weighted by Crippen LogP contribution is -2.44. The second-order valence-corrected chi connectivity index (χ2v) is 25.0. The van der Waals surface area contributed by atoms with Crippen molar-refractivity contribution in [1.82, 2.24) is 10.2 Å². The van der Waals surface area contributed by atoms with Crippen molar-refractivity contribution < 1.29 is 67.6 Å². The Morgan fingerprint density at radius 1 is 0.556 bits per heavy atom. The summed E-state index contributed by atoms with van der Waals surface area (Å²) in [4.78, 5) is 145. The van der Waals surface area contributed by atoms with Gasteiger partial charge in [-0.15, -0.1) is 0 Å². The van der Waals surface area contributed by atoms with Crippen molar-refractivity contribution in [2.24, 2.45) is 59.2 Å². The first kappa shape index (κ1) is 66.8. The number of cyclic esters (lactones) is 2. The van der Waals surface area contributed by atoms with Crippen molar-refractivity contribution in [2.45, 2.75) is 104 Å². The Kier molecular flexibility index (Phi) is 22.5. The lowest BCUT2D eigenvalue weighted by molar-refractivity contribution is -0.154. The Balaban J connectivity index is 1.23. The predicted octanol–water partition coefficient (Wildman–Crippen LogP) is 12.1. The van der Waals surface area contributed by atoms with E-state index in [4.69, 9.17) is 9.47 Å². The minimum atomic E-state index is -1.61. The third-order valence-corrected chi connectivity index (χ3v) is 18.0. The summed E-state index contributed by atoms with van der Waals surface area (Å²) in [5.41, 5.74) is 3.65. The van der Waals surface area contributed by atoms with Crippen LogP contribution in [0.5, 0.6) is 5.75 Å². The summed E-state index contributed by atoms with van der Waals surface area (Å²) in [6.45, 7) is 12.8. The normalized spacial score (nSPS) is 19.3. The SMILES string of the molecule is CCC(c1ccccc1)C(C(=O)Oc1ccc(C(=O)CC(=O)c2ccc(C)cc2)cc1)C(CC(c1ccccc1)C1C(=O)N(CC(C)C)C(=O)C1CC(c1ccccc1)C(C(=O)NCC(C)C)C(CC(c1ccccc1)C1C(=O)OC(=O)C1C)C(=O)O)C(=O)O. The summed E-state index contributed by atoms with van der Waals surface area (Å²) in [5.74, 6) is -23.2. The number of carboxylic acid groups (broad SMARTS) is 2. The van der Waals surface area contributed by atoms with E-state index in [0.29, 0.717) is 27.8 Å². The number of esters is 3. The molecule has 12 atom stereocenters. The van der Waals surface area contributed by atoms with Gasteiger partial charge in [-0.3, -0.25) is 52.8 Å². The van der Waals surface area contributed by atoms with Crippen molar-refractivity contribution in [3.8, 4) is 5.75 Å². The second-order valence-electron chi connectivity index (χ2n) is 25.0. The number of carboxylic acids is 2. The molecule has 8 rings (SSSR count). The quantitative estimate of drug-likeness (QED) is 0.0125. The van der Waals surface area contributed by atoms with E-state index in [9.17, 15) is 39.0 Å². The van der Waals surface area contributed by atoms with Gasteiger partial charge in [0.25, 0.3) is 0 Å². The molecule has 0 bridgehead atoms. The van der Waals surface area contributed by atoms with Crippen molar-refractivity contribution in [3.63, 3.8) is 0 Å². The molecule has 2 aliphatic heterocycles. The number of rotatable bonds is 30. The first-order chi connectivity index (χ1) is 43.1. The van der Waals surface area contributed by atoms with E-state index in [1.54, 1.807) is 153 Å². The number of ketones is 2. The molecule has 12 unspecified atom stereocenters. The number of Topliss-reactive ketones (excluding diaryl/α,β-unsaturated/α-hetero) is 2. The Bertz CT molecular complexity index is 3520. The summed E-state index contributed by atoms with van der Waals surface area (Å²) >= 11 is 0. The van der Waals surface area contributed by atoms with E-state index in [0.717, 1.165) is 5.56 Å². The van der Waals surface area contributed by atoms with Gasteiger partial charge < -0.3 is 25.0 Å². The van der Waals surface area contributed by atoms with Crippen molar-refractivity contribution in [2.75, 3.05) is 13.1 Å². The molecule has 2 aliphatic rings. The first-order valence-corrected chi connectivity index (χ1v) is 31.1. The number of aliphatic carboxylic acids is 2. The Morgan fingerprint density at radius 3 is 1.46 bits per heavy atom. The van der Waals surface area contributed by atoms with E-state index in [-0.39, 0.29) is 67.7 Å². The zero-order valence-corrected chi connectivity index (χ0v) is 51.9. The molecule has 6 aromatic carbocycles. The van der Waals surface area contributed by atoms with Gasteiger partial charge in [0.2, 0.25) is 17.7 Å². The highest BCUT2D eigenvalue weighted by atomic mass is 16.6. The average Bonchev–Trinajstić information content (AvgIpc) is 1.65. The molecule has 90 heavy (non-hydrogen) atoms. The maximum Gasteiger partial charge on any atom is 0.318 e. The van der Waals surface area contributed by atoms with Gasteiger partial charge in [0.15, 0.2) is 11.6 Å². The van der Waals surface area contributed by atoms with E-state index in [2.05, 4.69) is 5.32 Å². The number of amides is 3. The lowest BCUT2D eigenvalue weighted by atomic mass is 9.64. The number of nitrogens with one attached hydrogen (secondary N) is 1. The van der Waals surface area contributed by atoms with Crippen LogP contribution >= 0.6 is 0 Å². The van der Waals surface area contributed by atoms with Crippen molar-refractivity contribution in [1.29, 1.82) is 0 Å². The first-order valence-electron chi connectivity index (χ1n) is 31.1. The summed E-state index contributed by atoms with van der Waals surface area (Å²) < 4.78 is 11.3. The number of carbonyl (C=O) groups is 10. The average molecular weight is 1220 g/mol. The van der Waals surface area contributed by atoms with Crippen LogP contribution in [0.15, 0.2) is 170 Å². The van der Waals surface area contributed by atoms with Crippen LogP contribution in [0.2, 0.25) is 0 Å². The molecule has 0 radical (unpaired) electrons. The van der Waals surface area contributed by atoms with Crippen LogP contribution in [-0.2, 0) is 43.1 Å². The molecule has 2 saturated heterocycles. The van der Waals surface area contributed by atoms with Gasteiger partial charge in [-0.05, 0) is 115 Å². The van der Waals surface area contributed by atoms with Gasteiger partial charge in [0, 0.05) is 24.2 Å². The van der Waals surface area contributed by atoms with Gasteiger partial charge in [0.1, 0.15) is 5.75 Å². The van der Waals surface area contributed by atoms with E-state index in [1.165, 1.54) is 29.2 Å². The monoisotopic (exact) mass is 1220 g/mol. The highest BCUT2D eigenvalue weighted by Crippen LogP contribution is 2.51. The largest absolute Gasteiger partial charge is 0.481 e. The van der Waals surface area contributed by atoms with Crippen LogP contribution in [0.3, 0.4) is 0 Å². The fourth-order valence-corrected chi connectivity index (χ4v) is 13.4. The number of benzene rings is 6. The van der Waals surface area contributed by atoms with Crippen LogP contribution < -0.4 is 10.1 Å². The Hall–Kier alpha value is -9.18. The van der Waals surface area contributed by atoms with Gasteiger partial charge in [-0.1, -0.05) is 193 Å². The van der Waals surface area contributed by atoms with E-state index < -0.39 is 131 Å². The molecule has 16 nitrogen and oxygen atoms in total. The van der Waals surface area contributed by atoms with Gasteiger partial charge in [0.05, 0.1) is 53.8 Å².